The molecule has 1 aromatic carbocycles. The lowest BCUT2D eigenvalue weighted by Gasteiger charge is -2.07. The Hall–Kier alpha value is -1.88. The van der Waals surface area contributed by atoms with Gasteiger partial charge in [-0.2, -0.15) is 0 Å². The summed E-state index contributed by atoms with van der Waals surface area (Å²) in [6, 6.07) is 6.16. The van der Waals surface area contributed by atoms with Crippen molar-refractivity contribution in [3.8, 4) is 0 Å². The van der Waals surface area contributed by atoms with E-state index in [1.165, 1.54) is 5.56 Å². The second-order valence-electron chi connectivity index (χ2n) is 5.74. The van der Waals surface area contributed by atoms with Crippen LogP contribution in [0.3, 0.4) is 0 Å². The fourth-order valence-corrected chi connectivity index (χ4v) is 2.69. The zero-order chi connectivity index (χ0) is 14.7. The Morgan fingerprint density at radius 3 is 3.24 bits per heavy atom. The summed E-state index contributed by atoms with van der Waals surface area (Å²) in [4.78, 5) is 19.6. The number of nitrogens with zero attached hydrogens (tertiary/aromatic N) is 1. The molecular formula is C16H21N3O2. The number of rotatable bonds is 5. The Bertz CT molecular complexity index is 629. The zero-order valence-corrected chi connectivity index (χ0v) is 12.3. The van der Waals surface area contributed by atoms with E-state index in [-0.39, 0.29) is 5.91 Å². The van der Waals surface area contributed by atoms with Gasteiger partial charge in [0.2, 0.25) is 5.91 Å². The highest BCUT2D eigenvalue weighted by Crippen LogP contribution is 2.16. The van der Waals surface area contributed by atoms with Crippen LogP contribution >= 0.6 is 0 Å². The van der Waals surface area contributed by atoms with Crippen LogP contribution in [0, 0.1) is 12.8 Å². The van der Waals surface area contributed by atoms with Gasteiger partial charge < -0.3 is 15.0 Å². The molecule has 0 spiro atoms. The van der Waals surface area contributed by atoms with Gasteiger partial charge in [0.25, 0.3) is 0 Å². The summed E-state index contributed by atoms with van der Waals surface area (Å²) < 4.78 is 5.28. The van der Waals surface area contributed by atoms with Crippen LogP contribution in [0.25, 0.3) is 11.0 Å². The van der Waals surface area contributed by atoms with Crippen molar-refractivity contribution in [1.82, 2.24) is 15.3 Å². The number of H-pyrrole nitrogens is 1. The molecular weight excluding hydrogens is 266 g/mol. The molecule has 0 aliphatic carbocycles. The molecule has 1 aliphatic heterocycles. The Morgan fingerprint density at radius 1 is 1.52 bits per heavy atom. The normalized spacial score (nSPS) is 18.2. The van der Waals surface area contributed by atoms with E-state index in [9.17, 15) is 4.79 Å². The van der Waals surface area contributed by atoms with Crippen molar-refractivity contribution < 1.29 is 9.53 Å². The first-order valence-corrected chi connectivity index (χ1v) is 7.50. The predicted octanol–water partition coefficient (Wildman–Crippen LogP) is 1.96. The largest absolute Gasteiger partial charge is 0.381 e. The molecule has 112 valence electrons. The van der Waals surface area contributed by atoms with E-state index in [4.69, 9.17) is 4.74 Å². The van der Waals surface area contributed by atoms with Crippen LogP contribution in [0.15, 0.2) is 18.2 Å². The summed E-state index contributed by atoms with van der Waals surface area (Å²) >= 11 is 0. The molecule has 1 aliphatic rings. The molecule has 2 N–H and O–H groups in total. The predicted molar refractivity (Wildman–Crippen MR) is 81.1 cm³/mol. The molecule has 1 aromatic heterocycles. The number of nitrogens with one attached hydrogen (secondary N) is 2. The maximum atomic E-state index is 11.8. The number of aryl methyl sites for hydroxylation is 1. The fourth-order valence-electron chi connectivity index (χ4n) is 2.69. The van der Waals surface area contributed by atoms with Crippen LogP contribution in [0.2, 0.25) is 0 Å². The number of fused-ring (bicyclic) bond motifs is 1. The lowest BCUT2D eigenvalue weighted by atomic mass is 10.1. The fraction of sp³-hybridized carbons (Fsp3) is 0.500. The number of hydrogen-bond acceptors (Lipinski definition) is 3. The molecule has 21 heavy (non-hydrogen) atoms. The third kappa shape index (κ3) is 3.61. The highest BCUT2D eigenvalue weighted by molar-refractivity contribution is 5.76. The van der Waals surface area contributed by atoms with Gasteiger partial charge in [-0.15, -0.1) is 0 Å². The third-order valence-electron chi connectivity index (χ3n) is 3.87. The highest BCUT2D eigenvalue weighted by atomic mass is 16.5. The molecule has 1 fully saturated rings. The molecule has 5 nitrogen and oxygen atoms in total. The first kappa shape index (κ1) is 14.1. The van der Waals surface area contributed by atoms with E-state index in [2.05, 4.69) is 34.3 Å². The van der Waals surface area contributed by atoms with Crippen molar-refractivity contribution >= 4 is 16.9 Å². The van der Waals surface area contributed by atoms with Crippen molar-refractivity contribution in [1.29, 1.82) is 0 Å². The number of aromatic amines is 1. The van der Waals surface area contributed by atoms with Gasteiger partial charge in [0.1, 0.15) is 5.82 Å². The quantitative estimate of drug-likeness (QED) is 0.883. The lowest BCUT2D eigenvalue weighted by molar-refractivity contribution is -0.122. The Kier molecular flexibility index (Phi) is 4.20. The molecule has 0 unspecified atom stereocenters. The second kappa shape index (κ2) is 6.26. The number of carbonyl (C=O) groups excluding carboxylic acids is 1. The Balaban J connectivity index is 1.48. The molecule has 0 saturated carbocycles. The monoisotopic (exact) mass is 287 g/mol. The molecule has 5 heteroatoms. The molecule has 1 amide bonds. The lowest BCUT2D eigenvalue weighted by Crippen LogP contribution is -2.27. The van der Waals surface area contributed by atoms with Crippen molar-refractivity contribution in [2.45, 2.75) is 26.2 Å². The minimum Gasteiger partial charge on any atom is -0.381 e. The molecule has 2 heterocycles. The maximum Gasteiger partial charge on any atom is 0.220 e. The van der Waals surface area contributed by atoms with Crippen LogP contribution < -0.4 is 5.32 Å². The number of ether oxygens (including phenoxy) is 1. The third-order valence-corrected chi connectivity index (χ3v) is 3.87. The number of aromatic nitrogens is 2. The number of benzene rings is 1. The molecule has 0 bridgehead atoms. The van der Waals surface area contributed by atoms with E-state index >= 15 is 0 Å². The second-order valence-corrected chi connectivity index (χ2v) is 5.74. The van der Waals surface area contributed by atoms with Gasteiger partial charge >= 0.3 is 0 Å². The van der Waals surface area contributed by atoms with Crippen LogP contribution in [0.5, 0.6) is 0 Å². The SMILES string of the molecule is Cc1ccc2nc(CCNC(=O)C[C@H]3CCOC3)[nH]c2c1. The van der Waals surface area contributed by atoms with E-state index in [1.807, 2.05) is 6.07 Å². The van der Waals surface area contributed by atoms with Gasteiger partial charge in [0.05, 0.1) is 11.0 Å². The van der Waals surface area contributed by atoms with E-state index in [1.54, 1.807) is 0 Å². The molecule has 3 rings (SSSR count). The van der Waals surface area contributed by atoms with Crippen LogP contribution in [0.1, 0.15) is 24.2 Å². The topological polar surface area (TPSA) is 67.0 Å². The van der Waals surface area contributed by atoms with E-state index in [0.29, 0.717) is 18.9 Å². The summed E-state index contributed by atoms with van der Waals surface area (Å²) in [5, 5.41) is 2.96. The van der Waals surface area contributed by atoms with Gasteiger partial charge in [-0.25, -0.2) is 4.98 Å². The van der Waals surface area contributed by atoms with Gasteiger partial charge in [0.15, 0.2) is 0 Å². The summed E-state index contributed by atoms with van der Waals surface area (Å²) in [7, 11) is 0. The number of carbonyl (C=O) groups is 1. The average Bonchev–Trinajstić information content (AvgIpc) is 3.07. The van der Waals surface area contributed by atoms with Crippen LogP contribution in [-0.2, 0) is 16.0 Å². The van der Waals surface area contributed by atoms with E-state index in [0.717, 1.165) is 42.9 Å². The van der Waals surface area contributed by atoms with Crippen molar-refractivity contribution in [2.75, 3.05) is 19.8 Å². The van der Waals surface area contributed by atoms with Crippen LogP contribution in [0.4, 0.5) is 0 Å². The first-order chi connectivity index (χ1) is 10.2. The Labute approximate surface area is 124 Å². The summed E-state index contributed by atoms with van der Waals surface area (Å²) in [6.07, 6.45) is 2.29. The number of hydrogen-bond donors (Lipinski definition) is 2. The van der Waals surface area contributed by atoms with Gasteiger partial charge in [-0.05, 0) is 37.0 Å². The smallest absolute Gasteiger partial charge is 0.220 e. The standard InChI is InChI=1S/C16H21N3O2/c1-11-2-3-13-14(8-11)19-15(18-13)4-6-17-16(20)9-12-5-7-21-10-12/h2-3,8,12H,4-7,9-10H2,1H3,(H,17,20)(H,18,19)/t12-/m1/s1. The molecule has 2 aromatic rings. The zero-order valence-electron chi connectivity index (χ0n) is 12.3. The minimum absolute atomic E-state index is 0.109. The van der Waals surface area contributed by atoms with Gasteiger partial charge in [-0.3, -0.25) is 4.79 Å². The van der Waals surface area contributed by atoms with Crippen molar-refractivity contribution in [3.63, 3.8) is 0 Å². The van der Waals surface area contributed by atoms with E-state index < -0.39 is 0 Å². The van der Waals surface area contributed by atoms with Crippen molar-refractivity contribution in [2.24, 2.45) is 5.92 Å². The summed E-state index contributed by atoms with van der Waals surface area (Å²) in [5.41, 5.74) is 3.24. The Morgan fingerprint density at radius 2 is 2.43 bits per heavy atom. The van der Waals surface area contributed by atoms with Gasteiger partial charge in [0, 0.05) is 32.6 Å². The van der Waals surface area contributed by atoms with Crippen LogP contribution in [-0.4, -0.2) is 35.6 Å². The number of imidazole rings is 1. The first-order valence-electron chi connectivity index (χ1n) is 7.50. The molecule has 1 atom stereocenters. The minimum atomic E-state index is 0.109. The molecule has 1 saturated heterocycles. The summed E-state index contributed by atoms with van der Waals surface area (Å²) in [5.74, 6) is 1.41. The van der Waals surface area contributed by atoms with Gasteiger partial charge in [-0.1, -0.05) is 6.07 Å². The van der Waals surface area contributed by atoms with Crippen molar-refractivity contribution in [3.05, 3.63) is 29.6 Å². The maximum absolute atomic E-state index is 11.8. The molecule has 0 radical (unpaired) electrons. The summed E-state index contributed by atoms with van der Waals surface area (Å²) in [6.45, 7) is 4.19. The number of amides is 1. The highest BCUT2D eigenvalue weighted by Gasteiger charge is 2.18. The average molecular weight is 287 g/mol.